The molecule has 0 bridgehead atoms. The minimum Gasteiger partial charge on any atom is -0.485 e. The molecule has 1 aromatic carbocycles. The van der Waals surface area contributed by atoms with E-state index in [1.807, 2.05) is 11.8 Å². The predicted octanol–water partition coefficient (Wildman–Crippen LogP) is 3.45. The summed E-state index contributed by atoms with van der Waals surface area (Å²) in [6.45, 7) is 2.12. The molecule has 2 heterocycles. The molecule has 0 aliphatic carbocycles. The molecule has 1 fully saturated rings. The Hall–Kier alpha value is -1.03. The number of halogens is 1. The maximum absolute atomic E-state index is 13.2. The lowest BCUT2D eigenvalue weighted by atomic mass is 9.84. The molecule has 2 aliphatic heterocycles. The molecule has 0 N–H and O–H groups in total. The fourth-order valence-electron chi connectivity index (χ4n) is 2.78. The van der Waals surface area contributed by atoms with Gasteiger partial charge < -0.3 is 4.74 Å². The van der Waals surface area contributed by atoms with Crippen molar-refractivity contribution in [2.45, 2.75) is 37.0 Å². The van der Waals surface area contributed by atoms with Gasteiger partial charge in [-0.25, -0.2) is 4.39 Å². The lowest BCUT2D eigenvalue weighted by Gasteiger charge is -2.44. The van der Waals surface area contributed by atoms with E-state index >= 15 is 0 Å². The summed E-state index contributed by atoms with van der Waals surface area (Å²) >= 11 is 1.85. The van der Waals surface area contributed by atoms with Crippen molar-refractivity contribution in [1.82, 2.24) is 0 Å². The van der Waals surface area contributed by atoms with Gasteiger partial charge in [0, 0.05) is 5.25 Å². The van der Waals surface area contributed by atoms with E-state index in [9.17, 15) is 9.18 Å². The molecular weight excluding hydrogens is 251 g/mol. The first-order valence-corrected chi connectivity index (χ1v) is 7.29. The van der Waals surface area contributed by atoms with Crippen LogP contribution in [0.25, 0.3) is 0 Å². The normalized spacial score (nSPS) is 31.0. The summed E-state index contributed by atoms with van der Waals surface area (Å²) in [5.41, 5.74) is 0.00794. The summed E-state index contributed by atoms with van der Waals surface area (Å²) in [5.74, 6) is 1.29. The highest BCUT2D eigenvalue weighted by molar-refractivity contribution is 8.00. The Morgan fingerprint density at radius 3 is 3.11 bits per heavy atom. The van der Waals surface area contributed by atoms with Gasteiger partial charge in [0.15, 0.2) is 5.78 Å². The molecule has 2 aliphatic rings. The van der Waals surface area contributed by atoms with Crippen LogP contribution in [0.1, 0.15) is 36.5 Å². The van der Waals surface area contributed by atoms with Crippen LogP contribution in [0, 0.1) is 5.82 Å². The Kier molecular flexibility index (Phi) is 2.85. The van der Waals surface area contributed by atoms with E-state index in [1.54, 1.807) is 6.07 Å². The molecule has 1 spiro atoms. The van der Waals surface area contributed by atoms with Crippen LogP contribution in [0.15, 0.2) is 18.2 Å². The number of ether oxygens (including phenoxy) is 1. The third kappa shape index (κ3) is 1.83. The van der Waals surface area contributed by atoms with E-state index in [0.717, 1.165) is 18.6 Å². The minimum absolute atomic E-state index is 0.00472. The Balaban J connectivity index is 2.00. The summed E-state index contributed by atoms with van der Waals surface area (Å²) in [6, 6.07) is 4.21. The summed E-state index contributed by atoms with van der Waals surface area (Å²) in [4.78, 5) is 12.2. The van der Waals surface area contributed by atoms with Crippen molar-refractivity contribution in [3.05, 3.63) is 29.6 Å². The second-order valence-corrected chi connectivity index (χ2v) is 6.47. The molecule has 0 saturated carbocycles. The van der Waals surface area contributed by atoms with E-state index in [-0.39, 0.29) is 17.2 Å². The van der Waals surface area contributed by atoms with Gasteiger partial charge in [-0.2, -0.15) is 11.8 Å². The van der Waals surface area contributed by atoms with Gasteiger partial charge in [0.05, 0.1) is 12.0 Å². The van der Waals surface area contributed by atoms with Gasteiger partial charge in [0.1, 0.15) is 17.2 Å². The van der Waals surface area contributed by atoms with Gasteiger partial charge in [-0.3, -0.25) is 4.79 Å². The Morgan fingerprint density at radius 1 is 1.50 bits per heavy atom. The van der Waals surface area contributed by atoms with Crippen molar-refractivity contribution in [2.24, 2.45) is 0 Å². The Bertz CT molecular complexity index is 503. The van der Waals surface area contributed by atoms with Crippen molar-refractivity contribution in [2.75, 3.05) is 5.75 Å². The number of benzene rings is 1. The fraction of sp³-hybridized carbons (Fsp3) is 0.500. The van der Waals surface area contributed by atoms with Crippen molar-refractivity contribution in [3.63, 3.8) is 0 Å². The third-order valence-corrected chi connectivity index (χ3v) is 5.32. The minimum atomic E-state index is -0.384. The summed E-state index contributed by atoms with van der Waals surface area (Å²) in [5, 5.41) is 0.299. The number of thioether (sulfide) groups is 1. The van der Waals surface area contributed by atoms with E-state index in [0.29, 0.717) is 23.0 Å². The van der Waals surface area contributed by atoms with Crippen LogP contribution < -0.4 is 4.74 Å². The fourth-order valence-corrected chi connectivity index (χ4v) is 4.00. The molecule has 2 unspecified atom stereocenters. The summed E-state index contributed by atoms with van der Waals surface area (Å²) < 4.78 is 19.3. The molecule has 0 radical (unpaired) electrons. The van der Waals surface area contributed by atoms with Gasteiger partial charge in [-0.1, -0.05) is 0 Å². The zero-order chi connectivity index (χ0) is 12.8. The van der Waals surface area contributed by atoms with Crippen LogP contribution in [0.4, 0.5) is 4.39 Å². The van der Waals surface area contributed by atoms with E-state index < -0.39 is 0 Å². The first kappa shape index (κ1) is 12.0. The summed E-state index contributed by atoms with van der Waals surface area (Å²) in [7, 11) is 0. The number of carbonyl (C=O) groups is 1. The van der Waals surface area contributed by atoms with Crippen molar-refractivity contribution in [3.8, 4) is 5.75 Å². The molecule has 0 aromatic heterocycles. The van der Waals surface area contributed by atoms with Crippen molar-refractivity contribution < 1.29 is 13.9 Å². The number of hydrogen-bond acceptors (Lipinski definition) is 3. The molecule has 2 atom stereocenters. The molecule has 96 valence electrons. The number of carbonyl (C=O) groups excluding carboxylic acids is 1. The quantitative estimate of drug-likeness (QED) is 0.719. The van der Waals surface area contributed by atoms with Gasteiger partial charge in [0.2, 0.25) is 0 Å². The SMILES string of the molecule is CC1SCCCC12CC(=O)c1cc(F)ccc1O2. The first-order valence-electron chi connectivity index (χ1n) is 6.24. The monoisotopic (exact) mass is 266 g/mol. The van der Waals surface area contributed by atoms with Crippen LogP contribution in [-0.2, 0) is 0 Å². The third-order valence-electron chi connectivity index (χ3n) is 3.87. The van der Waals surface area contributed by atoms with Gasteiger partial charge in [-0.05, 0) is 43.7 Å². The predicted molar refractivity (Wildman–Crippen MR) is 69.9 cm³/mol. The number of rotatable bonds is 0. The van der Waals surface area contributed by atoms with Crippen molar-refractivity contribution in [1.29, 1.82) is 0 Å². The maximum Gasteiger partial charge on any atom is 0.170 e. The van der Waals surface area contributed by atoms with Gasteiger partial charge >= 0.3 is 0 Å². The van der Waals surface area contributed by atoms with Crippen LogP contribution in [0.2, 0.25) is 0 Å². The van der Waals surface area contributed by atoms with Crippen molar-refractivity contribution >= 4 is 17.5 Å². The van der Waals surface area contributed by atoms with E-state index in [4.69, 9.17) is 4.74 Å². The highest BCUT2D eigenvalue weighted by Gasteiger charge is 2.46. The van der Waals surface area contributed by atoms with Crippen LogP contribution in [0.5, 0.6) is 5.75 Å². The standard InChI is InChI=1S/C14H15FO2S/c1-9-14(5-2-6-18-9)8-12(16)11-7-10(15)3-4-13(11)17-14/h3-4,7,9H,2,5-6,8H2,1H3. The van der Waals surface area contributed by atoms with Crippen LogP contribution >= 0.6 is 11.8 Å². The molecule has 3 rings (SSSR count). The Labute approximate surface area is 110 Å². The lowest BCUT2D eigenvalue weighted by Crippen LogP contribution is -2.51. The maximum atomic E-state index is 13.2. The Morgan fingerprint density at radius 2 is 2.33 bits per heavy atom. The van der Waals surface area contributed by atoms with Gasteiger partial charge in [0.25, 0.3) is 0 Å². The van der Waals surface area contributed by atoms with E-state index in [2.05, 4.69) is 6.92 Å². The highest BCUT2D eigenvalue weighted by Crippen LogP contribution is 2.44. The average molecular weight is 266 g/mol. The molecule has 2 nitrogen and oxygen atoms in total. The molecule has 1 saturated heterocycles. The molecule has 18 heavy (non-hydrogen) atoms. The molecular formula is C14H15FO2S. The van der Waals surface area contributed by atoms with Crippen LogP contribution in [-0.4, -0.2) is 22.4 Å². The molecule has 1 aromatic rings. The second kappa shape index (κ2) is 4.26. The number of hydrogen-bond donors (Lipinski definition) is 0. The lowest BCUT2D eigenvalue weighted by molar-refractivity contribution is 0.0328. The topological polar surface area (TPSA) is 26.3 Å². The number of ketones is 1. The van der Waals surface area contributed by atoms with E-state index in [1.165, 1.54) is 12.1 Å². The first-order chi connectivity index (χ1) is 8.61. The molecule has 4 heteroatoms. The number of fused-ring (bicyclic) bond motifs is 1. The van der Waals surface area contributed by atoms with Crippen LogP contribution in [0.3, 0.4) is 0 Å². The zero-order valence-electron chi connectivity index (χ0n) is 10.2. The summed E-state index contributed by atoms with van der Waals surface area (Å²) in [6.07, 6.45) is 2.35. The zero-order valence-corrected chi connectivity index (χ0v) is 11.1. The average Bonchev–Trinajstić information content (AvgIpc) is 2.34. The second-order valence-electron chi connectivity index (χ2n) is 5.02. The highest BCUT2D eigenvalue weighted by atomic mass is 32.2. The van der Waals surface area contributed by atoms with Gasteiger partial charge in [-0.15, -0.1) is 0 Å². The largest absolute Gasteiger partial charge is 0.485 e. The smallest absolute Gasteiger partial charge is 0.170 e. The molecule has 0 amide bonds. The number of Topliss-reactive ketones (excluding diaryl/α,β-unsaturated/α-hetero) is 1.